The molecule has 0 heterocycles. The minimum Gasteiger partial charge on any atom is -0.505 e. The van der Waals surface area contributed by atoms with E-state index in [1.807, 2.05) is 0 Å². The van der Waals surface area contributed by atoms with Crippen molar-refractivity contribution in [2.75, 3.05) is 5.32 Å². The monoisotopic (exact) mass is 388 g/mol. The molecule has 27 heavy (non-hydrogen) atoms. The number of carbonyl (C=O) groups excluding carboxylic acids is 1. The summed E-state index contributed by atoms with van der Waals surface area (Å²) in [6.45, 7) is 0. The number of anilines is 1. The number of nitrogens with one attached hydrogen (secondary N) is 1. The molecule has 138 valence electrons. The third kappa shape index (κ3) is 3.57. The topological polar surface area (TPSA) is 147 Å². The second-order valence-corrected chi connectivity index (χ2v) is 6.94. The first-order chi connectivity index (χ1) is 12.7. The molecule has 3 N–H and O–H groups in total. The number of nitro benzene ring substituents is 1. The van der Waals surface area contributed by atoms with Crippen molar-refractivity contribution in [3.8, 4) is 5.75 Å². The Balaban J connectivity index is 2.05. The summed E-state index contributed by atoms with van der Waals surface area (Å²) in [7, 11) is -4.62. The number of non-ortho nitro benzene ring substituents is 1. The van der Waals surface area contributed by atoms with Gasteiger partial charge in [-0.2, -0.15) is 8.42 Å². The van der Waals surface area contributed by atoms with Gasteiger partial charge in [-0.05, 0) is 18.2 Å². The van der Waals surface area contributed by atoms with E-state index in [0.717, 1.165) is 18.2 Å². The molecule has 0 saturated heterocycles. The van der Waals surface area contributed by atoms with E-state index < -0.39 is 25.8 Å². The van der Waals surface area contributed by atoms with Crippen molar-refractivity contribution in [2.45, 2.75) is 4.90 Å². The Labute approximate surface area is 152 Å². The molecule has 0 aliphatic rings. The molecule has 0 fully saturated rings. The molecule has 10 heteroatoms. The van der Waals surface area contributed by atoms with Gasteiger partial charge in [0.25, 0.3) is 21.7 Å². The molecule has 0 bridgehead atoms. The van der Waals surface area contributed by atoms with Gasteiger partial charge in [-0.1, -0.05) is 24.3 Å². The molecule has 3 aromatic rings. The van der Waals surface area contributed by atoms with Gasteiger partial charge in [0, 0.05) is 28.5 Å². The van der Waals surface area contributed by atoms with Crippen molar-refractivity contribution < 1.29 is 27.8 Å². The zero-order valence-corrected chi connectivity index (χ0v) is 14.3. The van der Waals surface area contributed by atoms with Crippen molar-refractivity contribution in [3.63, 3.8) is 0 Å². The second kappa shape index (κ2) is 6.67. The molecule has 3 rings (SSSR count). The maximum atomic E-state index is 12.3. The van der Waals surface area contributed by atoms with Crippen molar-refractivity contribution in [1.29, 1.82) is 0 Å². The second-order valence-electron chi connectivity index (χ2n) is 5.55. The fraction of sp³-hybridized carbons (Fsp3) is 0. The van der Waals surface area contributed by atoms with E-state index in [4.69, 9.17) is 0 Å². The number of benzene rings is 3. The molecule has 0 radical (unpaired) electrons. The molecule has 0 atom stereocenters. The van der Waals surface area contributed by atoms with E-state index in [0.29, 0.717) is 0 Å². The Morgan fingerprint density at radius 2 is 1.63 bits per heavy atom. The lowest BCUT2D eigenvalue weighted by molar-refractivity contribution is -0.384. The van der Waals surface area contributed by atoms with Gasteiger partial charge in [0.2, 0.25) is 0 Å². The van der Waals surface area contributed by atoms with Crippen LogP contribution >= 0.6 is 0 Å². The highest BCUT2D eigenvalue weighted by Crippen LogP contribution is 2.37. The highest BCUT2D eigenvalue weighted by Gasteiger charge is 2.20. The first kappa shape index (κ1) is 18.3. The molecule has 0 saturated carbocycles. The number of nitrogens with zero attached hydrogens (tertiary/aromatic N) is 1. The average molecular weight is 388 g/mol. The van der Waals surface area contributed by atoms with Crippen molar-refractivity contribution >= 4 is 38.2 Å². The van der Waals surface area contributed by atoms with Crippen LogP contribution in [-0.4, -0.2) is 28.9 Å². The van der Waals surface area contributed by atoms with E-state index >= 15 is 0 Å². The summed E-state index contributed by atoms with van der Waals surface area (Å²) in [5.74, 6) is -1.11. The van der Waals surface area contributed by atoms with Gasteiger partial charge < -0.3 is 10.4 Å². The molecular formula is C17H12N2O7S. The Kier molecular flexibility index (Phi) is 4.52. The summed E-state index contributed by atoms with van der Waals surface area (Å²) in [4.78, 5) is 21.9. The first-order valence-electron chi connectivity index (χ1n) is 7.46. The van der Waals surface area contributed by atoms with Crippen LogP contribution in [0.25, 0.3) is 10.8 Å². The summed E-state index contributed by atoms with van der Waals surface area (Å²) < 4.78 is 32.8. The first-order valence-corrected chi connectivity index (χ1v) is 8.90. The van der Waals surface area contributed by atoms with Crippen molar-refractivity contribution in [1.82, 2.24) is 0 Å². The Morgan fingerprint density at radius 1 is 1.04 bits per heavy atom. The molecular weight excluding hydrogens is 376 g/mol. The van der Waals surface area contributed by atoms with Gasteiger partial charge in [0.05, 0.1) is 10.6 Å². The number of rotatable bonds is 4. The fourth-order valence-electron chi connectivity index (χ4n) is 2.56. The minimum atomic E-state index is -4.62. The number of phenolic OH excluding ortho intramolecular Hbond substituents is 1. The molecule has 9 nitrogen and oxygen atoms in total. The summed E-state index contributed by atoms with van der Waals surface area (Å²) in [6, 6.07) is 11.6. The molecule has 1 amide bonds. The van der Waals surface area contributed by atoms with Crippen LogP contribution in [0, 0.1) is 10.1 Å². The van der Waals surface area contributed by atoms with Crippen LogP contribution in [0.5, 0.6) is 5.75 Å². The summed E-state index contributed by atoms with van der Waals surface area (Å²) >= 11 is 0. The number of phenols is 1. The summed E-state index contributed by atoms with van der Waals surface area (Å²) in [5.41, 5.74) is -0.375. The number of hydrogen-bond acceptors (Lipinski definition) is 6. The maximum Gasteiger partial charge on any atom is 0.295 e. The van der Waals surface area contributed by atoms with Crippen LogP contribution in [0.1, 0.15) is 10.4 Å². The number of aromatic hydroxyl groups is 1. The maximum absolute atomic E-state index is 12.3. The van der Waals surface area contributed by atoms with E-state index in [1.165, 1.54) is 30.3 Å². The number of carbonyl (C=O) groups is 1. The molecule has 0 aliphatic heterocycles. The van der Waals surface area contributed by atoms with Gasteiger partial charge in [0.15, 0.2) is 0 Å². The largest absolute Gasteiger partial charge is 0.505 e. The highest BCUT2D eigenvalue weighted by molar-refractivity contribution is 7.86. The molecule has 0 aliphatic carbocycles. The summed E-state index contributed by atoms with van der Waals surface area (Å²) in [6.07, 6.45) is 0. The Morgan fingerprint density at radius 3 is 2.19 bits per heavy atom. The molecule has 3 aromatic carbocycles. The van der Waals surface area contributed by atoms with E-state index in [-0.39, 0.29) is 33.5 Å². The van der Waals surface area contributed by atoms with Crippen LogP contribution < -0.4 is 5.32 Å². The number of hydrogen-bond donors (Lipinski definition) is 3. The van der Waals surface area contributed by atoms with Crippen LogP contribution in [0.4, 0.5) is 11.4 Å². The van der Waals surface area contributed by atoms with Gasteiger partial charge in [-0.25, -0.2) is 0 Å². The van der Waals surface area contributed by atoms with Crippen LogP contribution in [0.2, 0.25) is 0 Å². The van der Waals surface area contributed by atoms with Gasteiger partial charge in [-0.3, -0.25) is 19.5 Å². The van der Waals surface area contributed by atoms with Crippen LogP contribution in [0.15, 0.2) is 59.5 Å². The van der Waals surface area contributed by atoms with Gasteiger partial charge in [-0.15, -0.1) is 0 Å². The zero-order valence-electron chi connectivity index (χ0n) is 13.5. The quantitative estimate of drug-likeness (QED) is 0.269. The van der Waals surface area contributed by atoms with Crippen molar-refractivity contribution in [2.24, 2.45) is 0 Å². The fourth-order valence-corrected chi connectivity index (χ4v) is 3.29. The normalized spacial score (nSPS) is 11.3. The van der Waals surface area contributed by atoms with E-state index in [9.17, 15) is 33.0 Å². The summed E-state index contributed by atoms with van der Waals surface area (Å²) in [5, 5.41) is 23.6. The highest BCUT2D eigenvalue weighted by atomic mass is 32.2. The Hall–Kier alpha value is -3.50. The lowest BCUT2D eigenvalue weighted by atomic mass is 10.1. The lowest BCUT2D eigenvalue weighted by Gasteiger charge is -2.12. The van der Waals surface area contributed by atoms with Gasteiger partial charge >= 0.3 is 0 Å². The zero-order chi connectivity index (χ0) is 19.8. The lowest BCUT2D eigenvalue weighted by Crippen LogP contribution is -2.13. The van der Waals surface area contributed by atoms with Crippen molar-refractivity contribution in [3.05, 3.63) is 70.3 Å². The standard InChI is InChI=1S/C17H12N2O7S/c20-16-13-4-2-1-3-12(13)15(27(24,25)26)9-14(16)18-17(21)10-5-7-11(8-6-10)19(22)23/h1-9,20H,(H,18,21)(H,24,25,26). The molecule has 0 unspecified atom stereocenters. The number of nitro groups is 1. The molecule has 0 spiro atoms. The average Bonchev–Trinajstić information content (AvgIpc) is 2.63. The number of fused-ring (bicyclic) bond motifs is 1. The predicted molar refractivity (Wildman–Crippen MR) is 96.5 cm³/mol. The smallest absolute Gasteiger partial charge is 0.295 e. The SMILES string of the molecule is O=C(Nc1cc(S(=O)(=O)O)c2ccccc2c1O)c1ccc([N+](=O)[O-])cc1. The van der Waals surface area contributed by atoms with Crippen LogP contribution in [0.3, 0.4) is 0 Å². The van der Waals surface area contributed by atoms with E-state index in [1.54, 1.807) is 6.07 Å². The third-order valence-corrected chi connectivity index (χ3v) is 4.74. The minimum absolute atomic E-state index is 0.0570. The molecule has 0 aromatic heterocycles. The third-order valence-electron chi connectivity index (χ3n) is 3.84. The number of amides is 1. The Bertz CT molecular complexity index is 1170. The van der Waals surface area contributed by atoms with E-state index in [2.05, 4.69) is 5.32 Å². The van der Waals surface area contributed by atoms with Crippen LogP contribution in [-0.2, 0) is 10.1 Å². The van der Waals surface area contributed by atoms with Gasteiger partial charge in [0.1, 0.15) is 10.6 Å². The predicted octanol–water partition coefficient (Wildman–Crippen LogP) is 2.95.